The number of rotatable bonds is 1. The van der Waals surface area contributed by atoms with E-state index in [4.69, 9.17) is 0 Å². The lowest BCUT2D eigenvalue weighted by atomic mass is 10.4. The summed E-state index contributed by atoms with van der Waals surface area (Å²) in [5.41, 5.74) is 2.00. The van der Waals surface area contributed by atoms with Gasteiger partial charge in [-0.15, -0.1) is 5.10 Å². The van der Waals surface area contributed by atoms with Crippen LogP contribution in [0.4, 0.5) is 0 Å². The second kappa shape index (κ2) is 2.01. The van der Waals surface area contributed by atoms with E-state index < -0.39 is 0 Å². The van der Waals surface area contributed by atoms with Crippen LogP contribution in [0.15, 0.2) is 6.58 Å². The molecule has 0 unspecified atom stereocenters. The van der Waals surface area contributed by atoms with Crippen molar-refractivity contribution in [3.05, 3.63) is 18.0 Å². The van der Waals surface area contributed by atoms with Gasteiger partial charge in [0.25, 0.3) is 0 Å². The van der Waals surface area contributed by atoms with Crippen LogP contribution in [-0.2, 0) is 0 Å². The monoisotopic (exact) mass is 123 g/mol. The summed E-state index contributed by atoms with van der Waals surface area (Å²) in [5.74, 6) is 0. The van der Waals surface area contributed by atoms with Crippen LogP contribution in [0.3, 0.4) is 0 Å². The van der Waals surface area contributed by atoms with Gasteiger partial charge in [0.1, 0.15) is 0 Å². The van der Waals surface area contributed by atoms with E-state index in [9.17, 15) is 0 Å². The number of nitrogens with zero attached hydrogens (tertiary/aromatic N) is 3. The van der Waals surface area contributed by atoms with Crippen molar-refractivity contribution in [3.8, 4) is 0 Å². The van der Waals surface area contributed by atoms with Crippen molar-refractivity contribution in [2.75, 3.05) is 0 Å². The zero-order valence-corrected chi connectivity index (χ0v) is 5.63. The molecule has 0 aromatic carbocycles. The molecule has 0 saturated carbocycles. The van der Waals surface area contributed by atoms with E-state index in [1.807, 2.05) is 13.8 Å². The minimum atomic E-state index is 0.954. The molecule has 0 fully saturated rings. The number of hydrogen-bond acceptors (Lipinski definition) is 2. The predicted octanol–water partition coefficient (Wildman–Crippen LogP) is 0.995. The van der Waals surface area contributed by atoms with Crippen LogP contribution >= 0.6 is 0 Å². The predicted molar refractivity (Wildman–Crippen MR) is 35.9 cm³/mol. The molecule has 1 rings (SSSR count). The van der Waals surface area contributed by atoms with E-state index in [2.05, 4.69) is 16.9 Å². The van der Waals surface area contributed by atoms with Gasteiger partial charge in [0.2, 0.25) is 0 Å². The molecule has 9 heavy (non-hydrogen) atoms. The Balaban J connectivity index is 3.18. The summed E-state index contributed by atoms with van der Waals surface area (Å²) < 4.78 is 1.65. The molecular weight excluding hydrogens is 114 g/mol. The molecule has 3 heteroatoms. The lowest BCUT2D eigenvalue weighted by Gasteiger charge is -1.89. The average molecular weight is 123 g/mol. The van der Waals surface area contributed by atoms with Gasteiger partial charge in [-0.05, 0) is 13.8 Å². The third kappa shape index (κ3) is 0.850. The van der Waals surface area contributed by atoms with Crippen LogP contribution in [0.1, 0.15) is 11.4 Å². The SMILES string of the molecule is C=Cn1nnc(C)c1C. The second-order valence-corrected chi connectivity index (χ2v) is 1.89. The molecule has 0 atom stereocenters. The lowest BCUT2D eigenvalue weighted by Crippen LogP contribution is -1.90. The van der Waals surface area contributed by atoms with Crippen molar-refractivity contribution in [1.82, 2.24) is 15.0 Å². The van der Waals surface area contributed by atoms with Gasteiger partial charge in [-0.1, -0.05) is 11.8 Å². The molecule has 1 aromatic rings. The molecule has 0 aliphatic rings. The van der Waals surface area contributed by atoms with Crippen LogP contribution in [0, 0.1) is 13.8 Å². The van der Waals surface area contributed by atoms with E-state index in [0.29, 0.717) is 0 Å². The van der Waals surface area contributed by atoms with Gasteiger partial charge in [0, 0.05) is 6.20 Å². The van der Waals surface area contributed by atoms with E-state index >= 15 is 0 Å². The van der Waals surface area contributed by atoms with E-state index in [0.717, 1.165) is 11.4 Å². The summed E-state index contributed by atoms with van der Waals surface area (Å²) in [6.45, 7) is 7.44. The molecule has 0 spiro atoms. The molecule has 0 aliphatic heterocycles. The quantitative estimate of drug-likeness (QED) is 0.557. The lowest BCUT2D eigenvalue weighted by molar-refractivity contribution is 0.822. The fourth-order valence-electron chi connectivity index (χ4n) is 0.594. The molecule has 0 N–H and O–H groups in total. The Labute approximate surface area is 54.0 Å². The largest absolute Gasteiger partial charge is 0.225 e. The first-order valence-electron chi connectivity index (χ1n) is 2.76. The highest BCUT2D eigenvalue weighted by Gasteiger charge is 1.97. The molecule has 1 aromatic heterocycles. The zero-order valence-electron chi connectivity index (χ0n) is 5.63. The summed E-state index contributed by atoms with van der Waals surface area (Å²) in [6.07, 6.45) is 1.63. The Hall–Kier alpha value is -1.12. The average Bonchev–Trinajstić information content (AvgIpc) is 2.15. The van der Waals surface area contributed by atoms with Gasteiger partial charge in [-0.3, -0.25) is 0 Å². The highest BCUT2D eigenvalue weighted by atomic mass is 15.4. The molecule has 1 heterocycles. The Bertz CT molecular complexity index is 224. The fourth-order valence-corrected chi connectivity index (χ4v) is 0.594. The first-order valence-corrected chi connectivity index (χ1v) is 2.76. The van der Waals surface area contributed by atoms with Crippen molar-refractivity contribution in [2.24, 2.45) is 0 Å². The Kier molecular flexibility index (Phi) is 1.34. The van der Waals surface area contributed by atoms with Gasteiger partial charge in [-0.25, -0.2) is 4.68 Å². The summed E-state index contributed by atoms with van der Waals surface area (Å²) in [6, 6.07) is 0. The van der Waals surface area contributed by atoms with Crippen molar-refractivity contribution in [3.63, 3.8) is 0 Å². The molecule has 0 aliphatic carbocycles. The summed E-state index contributed by atoms with van der Waals surface area (Å²) in [7, 11) is 0. The topological polar surface area (TPSA) is 30.7 Å². The minimum absolute atomic E-state index is 0.954. The Morgan fingerprint density at radius 2 is 2.22 bits per heavy atom. The van der Waals surface area contributed by atoms with Crippen LogP contribution in [0.25, 0.3) is 6.20 Å². The van der Waals surface area contributed by atoms with E-state index in [1.54, 1.807) is 10.9 Å². The second-order valence-electron chi connectivity index (χ2n) is 1.89. The van der Waals surface area contributed by atoms with Gasteiger partial charge in [-0.2, -0.15) is 0 Å². The maximum Gasteiger partial charge on any atom is 0.0829 e. The standard InChI is InChI=1S/C6H9N3/c1-4-9-6(3)5(2)7-8-9/h4H,1H2,2-3H3. The van der Waals surface area contributed by atoms with Crippen molar-refractivity contribution < 1.29 is 0 Å². The normalized spacial score (nSPS) is 9.56. The Morgan fingerprint density at radius 3 is 2.44 bits per heavy atom. The van der Waals surface area contributed by atoms with E-state index in [1.165, 1.54) is 0 Å². The number of aromatic nitrogens is 3. The highest BCUT2D eigenvalue weighted by molar-refractivity contribution is 5.20. The molecule has 48 valence electrons. The summed E-state index contributed by atoms with van der Waals surface area (Å²) in [5, 5.41) is 7.61. The maximum absolute atomic E-state index is 3.83. The van der Waals surface area contributed by atoms with Gasteiger partial charge < -0.3 is 0 Å². The molecule has 0 radical (unpaired) electrons. The Morgan fingerprint density at radius 1 is 1.56 bits per heavy atom. The molecule has 0 bridgehead atoms. The number of aryl methyl sites for hydroxylation is 1. The van der Waals surface area contributed by atoms with Crippen molar-refractivity contribution in [2.45, 2.75) is 13.8 Å². The van der Waals surface area contributed by atoms with Crippen LogP contribution in [0.5, 0.6) is 0 Å². The number of hydrogen-bond donors (Lipinski definition) is 0. The minimum Gasteiger partial charge on any atom is -0.225 e. The van der Waals surface area contributed by atoms with Crippen molar-refractivity contribution in [1.29, 1.82) is 0 Å². The smallest absolute Gasteiger partial charge is 0.0829 e. The summed E-state index contributed by atoms with van der Waals surface area (Å²) in [4.78, 5) is 0. The van der Waals surface area contributed by atoms with E-state index in [-0.39, 0.29) is 0 Å². The van der Waals surface area contributed by atoms with Gasteiger partial charge in [0.05, 0.1) is 11.4 Å². The first kappa shape index (κ1) is 6.01. The molecule has 3 nitrogen and oxygen atoms in total. The third-order valence-electron chi connectivity index (χ3n) is 1.33. The zero-order chi connectivity index (χ0) is 6.85. The molecule has 0 amide bonds. The maximum atomic E-state index is 3.83. The molecular formula is C6H9N3. The summed E-state index contributed by atoms with van der Waals surface area (Å²) >= 11 is 0. The third-order valence-corrected chi connectivity index (χ3v) is 1.33. The van der Waals surface area contributed by atoms with Crippen molar-refractivity contribution >= 4 is 6.20 Å². The highest BCUT2D eigenvalue weighted by Crippen LogP contribution is 1.99. The van der Waals surface area contributed by atoms with Crippen LogP contribution in [0.2, 0.25) is 0 Å². The van der Waals surface area contributed by atoms with Crippen LogP contribution in [-0.4, -0.2) is 15.0 Å². The van der Waals surface area contributed by atoms with Gasteiger partial charge >= 0.3 is 0 Å². The van der Waals surface area contributed by atoms with Gasteiger partial charge in [0.15, 0.2) is 0 Å². The van der Waals surface area contributed by atoms with Crippen LogP contribution < -0.4 is 0 Å². The fraction of sp³-hybridized carbons (Fsp3) is 0.333. The molecule has 0 saturated heterocycles. The first-order chi connectivity index (χ1) is 4.25.